The van der Waals surface area contributed by atoms with Crippen LogP contribution in [0.5, 0.6) is 0 Å². The first-order chi connectivity index (χ1) is 11.5. The smallest absolute Gasteiger partial charge is 0.266 e. The molecule has 3 rings (SSSR count). The van der Waals surface area contributed by atoms with Gasteiger partial charge in [0, 0.05) is 12.6 Å². The van der Waals surface area contributed by atoms with E-state index < -0.39 is 10.0 Å². The zero-order valence-electron chi connectivity index (χ0n) is 12.2. The molecule has 0 amide bonds. The van der Waals surface area contributed by atoms with E-state index in [4.69, 9.17) is 0 Å². The Bertz CT molecular complexity index is 994. The van der Waals surface area contributed by atoms with E-state index in [9.17, 15) is 13.2 Å². The first kappa shape index (κ1) is 17.5. The summed E-state index contributed by atoms with van der Waals surface area (Å²) >= 11 is 5.89. The van der Waals surface area contributed by atoms with Crippen molar-refractivity contribution in [3.8, 4) is 10.6 Å². The molecule has 0 aliphatic rings. The van der Waals surface area contributed by atoms with Crippen molar-refractivity contribution in [1.29, 1.82) is 0 Å². The van der Waals surface area contributed by atoms with Crippen LogP contribution >= 0.6 is 38.6 Å². The van der Waals surface area contributed by atoms with Gasteiger partial charge in [-0.15, -0.1) is 22.7 Å². The summed E-state index contributed by atoms with van der Waals surface area (Å²) in [6.07, 6.45) is 0. The standard InChI is InChI=1S/C14H12BrN3O3S3/c15-12-4-6-14(23-12)24(20,21)16-7-8-18-13(19)5-3-10(17-18)11-2-1-9-22-11/h1-6,9,16H,7-8H2. The minimum Gasteiger partial charge on any atom is -0.268 e. The molecule has 3 aromatic rings. The Morgan fingerprint density at radius 2 is 2.04 bits per heavy atom. The van der Waals surface area contributed by atoms with Crippen LogP contribution in [0.2, 0.25) is 0 Å². The molecule has 0 fully saturated rings. The zero-order chi connectivity index (χ0) is 17.2. The molecule has 1 N–H and O–H groups in total. The molecule has 0 aromatic carbocycles. The highest BCUT2D eigenvalue weighted by Gasteiger charge is 2.16. The average molecular weight is 446 g/mol. The fourth-order valence-corrected chi connectivity index (χ4v) is 5.73. The van der Waals surface area contributed by atoms with E-state index in [0.717, 1.165) is 20.0 Å². The number of aromatic nitrogens is 2. The maximum atomic E-state index is 12.1. The van der Waals surface area contributed by atoms with Crippen molar-refractivity contribution in [2.75, 3.05) is 6.54 Å². The van der Waals surface area contributed by atoms with Gasteiger partial charge in [0.1, 0.15) is 9.90 Å². The van der Waals surface area contributed by atoms with Crippen LogP contribution in [0.25, 0.3) is 10.6 Å². The molecule has 0 bridgehead atoms. The summed E-state index contributed by atoms with van der Waals surface area (Å²) in [5, 5.41) is 6.22. The molecule has 3 heterocycles. The van der Waals surface area contributed by atoms with Gasteiger partial charge in [0.25, 0.3) is 5.56 Å². The molecule has 0 radical (unpaired) electrons. The highest BCUT2D eigenvalue weighted by atomic mass is 79.9. The lowest BCUT2D eigenvalue weighted by Crippen LogP contribution is -2.31. The fourth-order valence-electron chi connectivity index (χ4n) is 1.96. The Labute approximate surface area is 155 Å². The number of hydrogen-bond donors (Lipinski definition) is 1. The monoisotopic (exact) mass is 445 g/mol. The van der Waals surface area contributed by atoms with Crippen LogP contribution < -0.4 is 10.3 Å². The maximum absolute atomic E-state index is 12.1. The third kappa shape index (κ3) is 4.01. The van der Waals surface area contributed by atoms with Crippen LogP contribution in [0.4, 0.5) is 0 Å². The number of sulfonamides is 1. The minimum absolute atomic E-state index is 0.0820. The summed E-state index contributed by atoms with van der Waals surface area (Å²) in [5.74, 6) is 0. The molecule has 3 aromatic heterocycles. The minimum atomic E-state index is -3.58. The van der Waals surface area contributed by atoms with E-state index in [0.29, 0.717) is 5.69 Å². The summed E-state index contributed by atoms with van der Waals surface area (Å²) in [6.45, 7) is 0.239. The number of thiophene rings is 2. The van der Waals surface area contributed by atoms with Gasteiger partial charge >= 0.3 is 0 Å². The van der Waals surface area contributed by atoms with Crippen molar-refractivity contribution in [3.05, 3.63) is 55.9 Å². The van der Waals surface area contributed by atoms with Gasteiger partial charge in [-0.1, -0.05) is 6.07 Å². The van der Waals surface area contributed by atoms with Crippen LogP contribution in [-0.2, 0) is 16.6 Å². The quantitative estimate of drug-likeness (QED) is 0.632. The average Bonchev–Trinajstić information content (AvgIpc) is 3.20. The van der Waals surface area contributed by atoms with Gasteiger partial charge in [-0.2, -0.15) is 5.10 Å². The van der Waals surface area contributed by atoms with E-state index in [1.165, 1.54) is 28.2 Å². The number of nitrogens with one attached hydrogen (secondary N) is 1. The second-order valence-electron chi connectivity index (χ2n) is 4.71. The van der Waals surface area contributed by atoms with Crippen molar-refractivity contribution in [1.82, 2.24) is 14.5 Å². The Morgan fingerprint density at radius 1 is 1.21 bits per heavy atom. The molecule has 0 aliphatic carbocycles. The summed E-state index contributed by atoms with van der Waals surface area (Å²) < 4.78 is 29.0. The fraction of sp³-hybridized carbons (Fsp3) is 0.143. The second-order valence-corrected chi connectivity index (χ2v) is 10.1. The number of halogens is 1. The lowest BCUT2D eigenvalue weighted by atomic mass is 10.3. The van der Waals surface area contributed by atoms with Crippen LogP contribution in [0.1, 0.15) is 0 Å². The SMILES string of the molecule is O=c1ccc(-c2cccs2)nn1CCNS(=O)(=O)c1ccc(Br)s1. The van der Waals surface area contributed by atoms with Crippen LogP contribution in [0.3, 0.4) is 0 Å². The van der Waals surface area contributed by atoms with E-state index in [1.807, 2.05) is 17.5 Å². The predicted octanol–water partition coefficient (Wildman–Crippen LogP) is 2.77. The first-order valence-corrected chi connectivity index (χ1v) is 10.8. The van der Waals surface area contributed by atoms with Gasteiger partial charge in [0.2, 0.25) is 10.0 Å². The second kappa shape index (κ2) is 7.28. The van der Waals surface area contributed by atoms with Crippen molar-refractivity contribution < 1.29 is 8.42 Å². The Kier molecular flexibility index (Phi) is 5.30. The summed E-state index contributed by atoms with van der Waals surface area (Å²) in [4.78, 5) is 12.8. The summed E-state index contributed by atoms with van der Waals surface area (Å²) in [7, 11) is -3.58. The molecule has 0 atom stereocenters. The highest BCUT2D eigenvalue weighted by Crippen LogP contribution is 2.25. The van der Waals surface area contributed by atoms with Crippen molar-refractivity contribution in [3.63, 3.8) is 0 Å². The van der Waals surface area contributed by atoms with Gasteiger partial charge in [-0.3, -0.25) is 4.79 Å². The van der Waals surface area contributed by atoms with E-state index in [1.54, 1.807) is 12.1 Å². The zero-order valence-corrected chi connectivity index (χ0v) is 16.2. The molecule has 0 unspecified atom stereocenters. The first-order valence-electron chi connectivity index (χ1n) is 6.83. The van der Waals surface area contributed by atoms with Gasteiger partial charge in [0.15, 0.2) is 0 Å². The van der Waals surface area contributed by atoms with Crippen molar-refractivity contribution in [2.45, 2.75) is 10.8 Å². The largest absolute Gasteiger partial charge is 0.268 e. The van der Waals surface area contributed by atoms with Crippen molar-refractivity contribution >= 4 is 48.6 Å². The molecule has 0 saturated carbocycles. The molecule has 6 nitrogen and oxygen atoms in total. The molecular formula is C14H12BrN3O3S3. The van der Waals surface area contributed by atoms with Crippen molar-refractivity contribution in [2.24, 2.45) is 0 Å². The van der Waals surface area contributed by atoms with E-state index in [2.05, 4.69) is 25.8 Å². The van der Waals surface area contributed by atoms with Gasteiger partial charge in [-0.05, 0) is 45.6 Å². The Hall–Kier alpha value is -1.33. The number of hydrogen-bond acceptors (Lipinski definition) is 6. The Balaban J connectivity index is 1.71. The van der Waals surface area contributed by atoms with Crippen LogP contribution in [0, 0.1) is 0 Å². The van der Waals surface area contributed by atoms with Gasteiger partial charge < -0.3 is 0 Å². The summed E-state index contributed by atoms with van der Waals surface area (Å²) in [5.41, 5.74) is 0.419. The Morgan fingerprint density at radius 3 is 2.71 bits per heavy atom. The number of rotatable bonds is 6. The summed E-state index contributed by atoms with van der Waals surface area (Å²) in [6, 6.07) is 10.1. The molecule has 126 valence electrons. The normalized spacial score (nSPS) is 11.7. The molecular weight excluding hydrogens is 434 g/mol. The topological polar surface area (TPSA) is 81.1 Å². The van der Waals surface area contributed by atoms with Gasteiger partial charge in [-0.25, -0.2) is 17.8 Å². The number of nitrogens with zero attached hydrogens (tertiary/aromatic N) is 2. The molecule has 10 heteroatoms. The maximum Gasteiger partial charge on any atom is 0.266 e. The van der Waals surface area contributed by atoms with E-state index in [-0.39, 0.29) is 22.9 Å². The lowest BCUT2D eigenvalue weighted by molar-refractivity contribution is 0.550. The van der Waals surface area contributed by atoms with Gasteiger partial charge in [0.05, 0.1) is 15.2 Å². The van der Waals surface area contributed by atoms with Crippen LogP contribution in [0.15, 0.2) is 54.6 Å². The van der Waals surface area contributed by atoms with E-state index >= 15 is 0 Å². The molecule has 24 heavy (non-hydrogen) atoms. The third-order valence-corrected chi connectivity index (χ3v) is 7.54. The highest BCUT2D eigenvalue weighted by molar-refractivity contribution is 9.11. The van der Waals surface area contributed by atoms with Crippen LogP contribution in [-0.4, -0.2) is 24.7 Å². The molecule has 0 spiro atoms. The predicted molar refractivity (Wildman–Crippen MR) is 99.0 cm³/mol. The molecule has 0 aliphatic heterocycles. The third-order valence-electron chi connectivity index (χ3n) is 3.07. The lowest BCUT2D eigenvalue weighted by Gasteiger charge is -2.07. The molecule has 0 saturated heterocycles.